The summed E-state index contributed by atoms with van der Waals surface area (Å²) >= 11 is 4.72. The van der Waals surface area contributed by atoms with Crippen LogP contribution < -0.4 is 15.4 Å². The van der Waals surface area contributed by atoms with Crippen molar-refractivity contribution in [1.29, 1.82) is 0 Å². The van der Waals surface area contributed by atoms with Gasteiger partial charge in [-0.15, -0.1) is 0 Å². The molecule has 0 aromatic heterocycles. The number of amides is 2. The lowest BCUT2D eigenvalue weighted by atomic mass is 10.1. The van der Waals surface area contributed by atoms with Gasteiger partial charge in [-0.2, -0.15) is 0 Å². The largest absolute Gasteiger partial charge is 0.494 e. The van der Waals surface area contributed by atoms with Crippen LogP contribution in [0, 0.1) is 0 Å². The molecular formula is C13H12N2O3S. The van der Waals surface area contributed by atoms with Crippen molar-refractivity contribution in [3.63, 3.8) is 0 Å². The van der Waals surface area contributed by atoms with Crippen molar-refractivity contribution in [2.45, 2.75) is 6.92 Å². The molecule has 6 heteroatoms. The highest BCUT2D eigenvalue weighted by molar-refractivity contribution is 7.80. The lowest BCUT2D eigenvalue weighted by Gasteiger charge is -2.16. The van der Waals surface area contributed by atoms with E-state index in [1.54, 1.807) is 24.3 Å². The van der Waals surface area contributed by atoms with E-state index in [4.69, 9.17) is 17.0 Å². The fraction of sp³-hybridized carbons (Fsp3) is 0.154. The Morgan fingerprint density at radius 1 is 1.16 bits per heavy atom. The van der Waals surface area contributed by atoms with Gasteiger partial charge in [-0.05, 0) is 42.9 Å². The molecule has 0 bridgehead atoms. The van der Waals surface area contributed by atoms with Crippen LogP contribution in [-0.4, -0.2) is 23.5 Å². The molecule has 5 nitrogen and oxygen atoms in total. The maximum Gasteiger partial charge on any atom is 0.263 e. The number of nitrogens with one attached hydrogen (secondary N) is 2. The summed E-state index contributed by atoms with van der Waals surface area (Å²) in [6.07, 6.45) is 1.50. The first kappa shape index (κ1) is 13.2. The number of benzene rings is 1. The minimum Gasteiger partial charge on any atom is -0.494 e. The molecule has 0 saturated carbocycles. The number of rotatable bonds is 3. The molecule has 19 heavy (non-hydrogen) atoms. The van der Waals surface area contributed by atoms with E-state index < -0.39 is 11.8 Å². The fourth-order valence-electron chi connectivity index (χ4n) is 1.60. The number of carbonyl (C=O) groups excluding carboxylic acids is 2. The smallest absolute Gasteiger partial charge is 0.263 e. The maximum absolute atomic E-state index is 11.6. The fourth-order valence-corrected chi connectivity index (χ4v) is 1.79. The Bertz CT molecular complexity index is 542. The standard InChI is InChI=1S/C13H12N2O3S/c1-2-18-9-5-3-8(4-6-9)7-10-11(16)14-13(19)15-12(10)17/h3-7H,2H2,1H3,(H2,14,15,16,17,19). The van der Waals surface area contributed by atoms with Gasteiger partial charge in [0, 0.05) is 0 Å². The summed E-state index contributed by atoms with van der Waals surface area (Å²) in [7, 11) is 0. The summed E-state index contributed by atoms with van der Waals surface area (Å²) in [6.45, 7) is 2.48. The molecule has 1 aromatic rings. The summed E-state index contributed by atoms with van der Waals surface area (Å²) in [5.41, 5.74) is 0.759. The molecule has 1 aromatic carbocycles. The van der Waals surface area contributed by atoms with Gasteiger partial charge in [0.2, 0.25) is 0 Å². The minimum atomic E-state index is -0.498. The molecule has 2 amide bonds. The van der Waals surface area contributed by atoms with E-state index >= 15 is 0 Å². The molecule has 0 atom stereocenters. The lowest BCUT2D eigenvalue weighted by Crippen LogP contribution is -2.51. The third-order valence-corrected chi connectivity index (χ3v) is 2.65. The van der Waals surface area contributed by atoms with E-state index in [9.17, 15) is 9.59 Å². The molecular weight excluding hydrogens is 264 g/mol. The molecule has 1 aliphatic heterocycles. The third kappa shape index (κ3) is 3.17. The van der Waals surface area contributed by atoms with E-state index in [1.165, 1.54) is 6.08 Å². The molecule has 0 unspecified atom stereocenters. The van der Waals surface area contributed by atoms with E-state index in [1.807, 2.05) is 6.92 Å². The normalized spacial score (nSPS) is 14.8. The molecule has 98 valence electrons. The molecule has 0 radical (unpaired) electrons. The number of ether oxygens (including phenoxy) is 1. The third-order valence-electron chi connectivity index (χ3n) is 2.45. The number of thiocarbonyl (C=S) groups is 1. The van der Waals surface area contributed by atoms with E-state index in [2.05, 4.69) is 10.6 Å². The van der Waals surface area contributed by atoms with E-state index in [0.717, 1.165) is 11.3 Å². The van der Waals surface area contributed by atoms with E-state index in [-0.39, 0.29) is 10.7 Å². The number of carbonyl (C=O) groups is 2. The molecule has 1 fully saturated rings. The topological polar surface area (TPSA) is 67.4 Å². The lowest BCUT2D eigenvalue weighted by molar-refractivity contribution is -0.123. The minimum absolute atomic E-state index is 0.0257. The zero-order chi connectivity index (χ0) is 13.8. The molecule has 1 heterocycles. The first-order valence-corrected chi connectivity index (χ1v) is 6.12. The molecule has 0 aliphatic carbocycles. The average Bonchev–Trinajstić information content (AvgIpc) is 2.36. The Labute approximate surface area is 115 Å². The first-order valence-electron chi connectivity index (χ1n) is 5.71. The van der Waals surface area contributed by atoms with Crippen molar-refractivity contribution in [2.75, 3.05) is 6.61 Å². The highest BCUT2D eigenvalue weighted by Gasteiger charge is 2.25. The Kier molecular flexibility index (Phi) is 3.91. The summed E-state index contributed by atoms with van der Waals surface area (Å²) in [6, 6.07) is 7.09. The van der Waals surface area contributed by atoms with Crippen LogP contribution in [0.4, 0.5) is 0 Å². The summed E-state index contributed by atoms with van der Waals surface area (Å²) in [5.74, 6) is -0.256. The van der Waals surface area contributed by atoms with Gasteiger partial charge >= 0.3 is 0 Å². The van der Waals surface area contributed by atoms with Crippen molar-refractivity contribution >= 4 is 35.2 Å². The highest BCUT2D eigenvalue weighted by atomic mass is 32.1. The monoisotopic (exact) mass is 276 g/mol. The van der Waals surface area contributed by atoms with Crippen LogP contribution in [0.15, 0.2) is 29.8 Å². The van der Waals surface area contributed by atoms with Gasteiger partial charge in [0.25, 0.3) is 11.8 Å². The van der Waals surface area contributed by atoms with Crippen LogP contribution >= 0.6 is 12.2 Å². The maximum atomic E-state index is 11.6. The van der Waals surface area contributed by atoms with E-state index in [0.29, 0.717) is 6.61 Å². The van der Waals surface area contributed by atoms with Gasteiger partial charge in [-0.3, -0.25) is 20.2 Å². The highest BCUT2D eigenvalue weighted by Crippen LogP contribution is 2.15. The molecule has 1 saturated heterocycles. The van der Waals surface area contributed by atoms with Gasteiger partial charge in [0.05, 0.1) is 6.61 Å². The van der Waals surface area contributed by atoms with Crippen LogP contribution in [-0.2, 0) is 9.59 Å². The Morgan fingerprint density at radius 3 is 2.26 bits per heavy atom. The second-order valence-electron chi connectivity index (χ2n) is 3.80. The van der Waals surface area contributed by atoms with Crippen LogP contribution in [0.25, 0.3) is 6.08 Å². The second kappa shape index (κ2) is 5.62. The van der Waals surface area contributed by atoms with Crippen molar-refractivity contribution in [2.24, 2.45) is 0 Å². The van der Waals surface area contributed by atoms with Gasteiger partial charge in [0.15, 0.2) is 5.11 Å². The predicted octanol–water partition coefficient (Wildman–Crippen LogP) is 1.000. The van der Waals surface area contributed by atoms with Crippen LogP contribution in [0.5, 0.6) is 5.75 Å². The zero-order valence-electron chi connectivity index (χ0n) is 10.2. The quantitative estimate of drug-likeness (QED) is 0.491. The SMILES string of the molecule is CCOc1ccc(C=C2C(=O)NC(=S)NC2=O)cc1. The molecule has 0 spiro atoms. The van der Waals surface area contributed by atoms with Crippen LogP contribution in [0.3, 0.4) is 0 Å². The zero-order valence-corrected chi connectivity index (χ0v) is 11.0. The molecule has 2 rings (SSSR count). The Hall–Kier alpha value is -2.21. The van der Waals surface area contributed by atoms with Crippen molar-refractivity contribution in [3.05, 3.63) is 35.4 Å². The van der Waals surface area contributed by atoms with Gasteiger partial charge in [0.1, 0.15) is 11.3 Å². The molecule has 1 aliphatic rings. The van der Waals surface area contributed by atoms with Crippen molar-refractivity contribution in [3.8, 4) is 5.75 Å². The molecule has 2 N–H and O–H groups in total. The first-order chi connectivity index (χ1) is 9.10. The van der Waals surface area contributed by atoms with Crippen molar-refractivity contribution in [1.82, 2.24) is 10.6 Å². The average molecular weight is 276 g/mol. The Balaban J connectivity index is 2.22. The predicted molar refractivity (Wildman–Crippen MR) is 74.5 cm³/mol. The summed E-state index contributed by atoms with van der Waals surface area (Å²) in [5, 5.41) is 4.79. The van der Waals surface area contributed by atoms with Crippen LogP contribution in [0.1, 0.15) is 12.5 Å². The van der Waals surface area contributed by atoms with Crippen LogP contribution in [0.2, 0.25) is 0 Å². The summed E-state index contributed by atoms with van der Waals surface area (Å²) in [4.78, 5) is 23.3. The van der Waals surface area contributed by atoms with Gasteiger partial charge in [-0.25, -0.2) is 0 Å². The summed E-state index contributed by atoms with van der Waals surface area (Å²) < 4.78 is 5.31. The van der Waals surface area contributed by atoms with Gasteiger partial charge in [-0.1, -0.05) is 12.1 Å². The number of hydrogen-bond donors (Lipinski definition) is 2. The number of hydrogen-bond acceptors (Lipinski definition) is 4. The van der Waals surface area contributed by atoms with Gasteiger partial charge < -0.3 is 4.74 Å². The van der Waals surface area contributed by atoms with Crippen molar-refractivity contribution < 1.29 is 14.3 Å². The second-order valence-corrected chi connectivity index (χ2v) is 4.21. The Morgan fingerprint density at radius 2 is 1.74 bits per heavy atom.